The molecule has 31 heteroatoms. The zero-order chi connectivity index (χ0) is 108. The number of rotatable bonds is 31. The fourth-order valence-electron chi connectivity index (χ4n) is 15.3. The summed E-state index contributed by atoms with van der Waals surface area (Å²) in [5, 5.41) is 21.5. The van der Waals surface area contributed by atoms with Crippen LogP contribution in [0.3, 0.4) is 0 Å². The van der Waals surface area contributed by atoms with Crippen LogP contribution in [0, 0.1) is 0 Å². The summed E-state index contributed by atoms with van der Waals surface area (Å²) in [6.45, 7) is 77.2. The molecular formula is C118H167ClNaO24P5. The molecule has 3 saturated heterocycles. The number of benzene rings is 10. The zero-order valence-electron chi connectivity index (χ0n) is 94.2. The fourth-order valence-corrected chi connectivity index (χ4v) is 20.5. The van der Waals surface area contributed by atoms with E-state index >= 15 is 18.3 Å². The number of ether oxygens (including phenoxy) is 5. The van der Waals surface area contributed by atoms with Gasteiger partial charge in [-0.05, 0) is 209 Å². The van der Waals surface area contributed by atoms with Gasteiger partial charge < -0.3 is 93.7 Å². The summed E-state index contributed by atoms with van der Waals surface area (Å²) in [7, 11) is -18.7. The number of epoxide rings is 3. The summed E-state index contributed by atoms with van der Waals surface area (Å²) in [5.74, 6) is 4.12. The van der Waals surface area contributed by atoms with Crippen molar-refractivity contribution in [2.24, 2.45) is 0 Å². The third-order valence-corrected chi connectivity index (χ3v) is 29.6. The van der Waals surface area contributed by atoms with Gasteiger partial charge in [-0.15, -0.1) is 11.6 Å². The van der Waals surface area contributed by atoms with Crippen LogP contribution < -0.4 is 93.3 Å². The van der Waals surface area contributed by atoms with Crippen molar-refractivity contribution in [3.63, 3.8) is 0 Å². The SMILES string of the molecule is C.CC(C)(C)c1ccc(OP(=O)(Oc2cccc(OP(=O)(Oc3ccc(O)c(C(C)(C)C)c3)Oc3ccc(C(C)(C)C)cc3C(C)(C)C)c2)Oc2ccc(O)c(C(C)(C)C)c2)c(C(C)(C)C)c1.CC(C)(C)c1ccc(OP(=O)(Oc2cccc(OP(=O)(Oc3ccc(OCC4CO4)c(C(C)(C)C)c3)Oc3ccc(C(C)(C)C)cc3C(C)(C)C)c2)Oc2ccc(OCC3CO3)c(C(C)(C)C)c2)c(C(C)(C)C)c1.ClCC1CO1.P.[HH].[Na+].[OH-]. The molecular weight excluding hydrogens is 2010 g/mol. The molecule has 8 unspecified atom stereocenters. The van der Waals surface area contributed by atoms with Gasteiger partial charge in [-0.1, -0.05) is 317 Å². The van der Waals surface area contributed by atoms with Crippen molar-refractivity contribution in [3.8, 4) is 92.0 Å². The second kappa shape index (κ2) is 48.2. The standard InChI is InChI=1S/C60H80O12P2.C54H72O10P2.C3H5ClO.CH4.Na.H2O.H3P.H2/c1-55(2,3)39-22-26-53(47(30-39)57(7,8)9)71-73(61,69-43-24-28-51(65-37-45-35-63-45)49(33-43)59(13,14)15)67-41-20-19-21-42(32-41)68-74(62,72-54-27-23-40(56(4,5)6)31-48(54)58(10,11)12)70-44-25-29-52(66-38-46-36-64-46)50(34-44)60(16,17)18;1-49(2,3)35-22-28-47(43(30-35)53(13,14)15)63-65(57,61-39-24-26-45(55)41(33-39)51(7,8)9)59-37-20-19-21-38(32-37)60-66(58,62-40-25-27-46(56)42(34-40)52(10,11)12)64-48-29-23-36(50(4,5)6)31-44(48)54(16,17)18;4-1-3-2-5-3;;;;;/h19-34,45-46H,35-38H2,1-18H3;19-34,55-56H,1-18H3;3H,1-2H2;1H4;;1H2;1H3;1H/q;;;;+1;;;/p-1. The van der Waals surface area contributed by atoms with E-state index in [0.29, 0.717) is 84.0 Å². The van der Waals surface area contributed by atoms with Gasteiger partial charge in [0.1, 0.15) is 117 Å². The molecule has 24 nitrogen and oxygen atoms in total. The van der Waals surface area contributed by atoms with Crippen molar-refractivity contribution in [1.82, 2.24) is 0 Å². The molecule has 3 heterocycles. The average molecular weight is 2180 g/mol. The Hall–Kier alpha value is -8.52. The Bertz CT molecular complexity index is 6080. The maximum Gasteiger partial charge on any atom is 1.00 e. The van der Waals surface area contributed by atoms with Crippen molar-refractivity contribution in [3.05, 3.63) is 261 Å². The van der Waals surface area contributed by atoms with E-state index in [-0.39, 0.29) is 145 Å². The number of phosphoric ester groups is 4. The van der Waals surface area contributed by atoms with Gasteiger partial charge in [0.2, 0.25) is 0 Å². The van der Waals surface area contributed by atoms with E-state index in [4.69, 9.17) is 89.6 Å². The average Bonchev–Trinajstić information content (AvgIpc) is 1.13. The molecule has 8 atom stereocenters. The zero-order valence-corrected chi connectivity index (χ0v) is 102. The molecule has 3 fully saturated rings. The number of alkyl halides is 1. The molecule has 13 rings (SSSR count). The number of halogens is 1. The van der Waals surface area contributed by atoms with E-state index in [1.54, 1.807) is 97.1 Å². The minimum Gasteiger partial charge on any atom is -0.870 e. The van der Waals surface area contributed by atoms with Crippen LogP contribution in [0.25, 0.3) is 0 Å². The Kier molecular flexibility index (Phi) is 41.2. The van der Waals surface area contributed by atoms with Crippen LogP contribution in [0.4, 0.5) is 0 Å². The Morgan fingerprint density at radius 3 is 0.624 bits per heavy atom. The monoisotopic (exact) mass is 2180 g/mol. The number of hydrogen-bond donors (Lipinski definition) is 2. The van der Waals surface area contributed by atoms with Crippen LogP contribution in [0.5, 0.6) is 92.0 Å². The molecule has 149 heavy (non-hydrogen) atoms. The number of phosphoric acid groups is 4. The van der Waals surface area contributed by atoms with Crippen LogP contribution in [0.1, 0.15) is 325 Å². The fraction of sp³-hybridized carbons (Fsp3) is 0.492. The smallest absolute Gasteiger partial charge is 0.870 e. The molecule has 0 spiro atoms. The molecule has 10 aromatic carbocycles. The van der Waals surface area contributed by atoms with Gasteiger partial charge in [-0.2, -0.15) is 28.2 Å². The van der Waals surface area contributed by atoms with E-state index in [1.165, 1.54) is 36.4 Å². The normalized spacial score (nSPS) is 16.5. The molecule has 3 N–H and O–H groups in total. The number of aromatic hydroxyl groups is 2. The van der Waals surface area contributed by atoms with Crippen molar-refractivity contribution in [2.75, 3.05) is 38.9 Å². The summed E-state index contributed by atoms with van der Waals surface area (Å²) >= 11 is 5.27. The van der Waals surface area contributed by atoms with Crippen molar-refractivity contribution < 1.29 is 143 Å². The van der Waals surface area contributed by atoms with Crippen molar-refractivity contribution >= 4 is 52.8 Å². The van der Waals surface area contributed by atoms with Gasteiger partial charge in [0, 0.05) is 58.1 Å². The Morgan fingerprint density at radius 1 is 0.262 bits per heavy atom. The second-order valence-corrected chi connectivity index (χ2v) is 56.1. The van der Waals surface area contributed by atoms with Crippen molar-refractivity contribution in [1.29, 1.82) is 0 Å². The quantitative estimate of drug-likeness (QED) is 0.0176. The summed E-state index contributed by atoms with van der Waals surface area (Å²) in [6.07, 6.45) is 0.503. The third kappa shape index (κ3) is 36.6. The summed E-state index contributed by atoms with van der Waals surface area (Å²) in [5.41, 5.74) is 5.99. The molecule has 3 aliphatic heterocycles. The Balaban J connectivity index is 0.000000425. The van der Waals surface area contributed by atoms with Crippen LogP contribution in [-0.2, 0) is 97.5 Å². The molecule has 816 valence electrons. The van der Waals surface area contributed by atoms with Crippen LogP contribution in [0.15, 0.2) is 194 Å². The molecule has 0 aliphatic carbocycles. The maximum atomic E-state index is 15.6. The third-order valence-electron chi connectivity index (χ3n) is 24.1. The molecule has 0 aromatic heterocycles. The van der Waals surface area contributed by atoms with E-state index in [9.17, 15) is 10.2 Å². The Labute approximate surface area is 920 Å². The number of phenols is 2. The summed E-state index contributed by atoms with van der Waals surface area (Å²) in [4.78, 5) is 0. The van der Waals surface area contributed by atoms with Crippen LogP contribution >= 0.6 is 52.8 Å². The van der Waals surface area contributed by atoms with Crippen LogP contribution in [-0.4, -0.2) is 72.9 Å². The van der Waals surface area contributed by atoms with Gasteiger partial charge in [0.15, 0.2) is 0 Å². The van der Waals surface area contributed by atoms with Gasteiger partial charge in [-0.3, -0.25) is 0 Å². The first-order valence-corrected chi connectivity index (χ1v) is 56.0. The minimum atomic E-state index is -4.67. The van der Waals surface area contributed by atoms with Crippen LogP contribution in [0.2, 0.25) is 0 Å². The van der Waals surface area contributed by atoms with Gasteiger partial charge in [0.25, 0.3) is 0 Å². The maximum absolute atomic E-state index is 15.6. The topological polar surface area (TPSA) is 306 Å². The number of phenolic OH excluding ortho intramolecular Hbond substituents is 2. The van der Waals surface area contributed by atoms with Crippen molar-refractivity contribution in [2.45, 2.75) is 340 Å². The first kappa shape index (κ1) is 127. The molecule has 0 saturated carbocycles. The largest absolute Gasteiger partial charge is 1.00 e. The second-order valence-electron chi connectivity index (χ2n) is 50.0. The van der Waals surface area contributed by atoms with E-state index in [0.717, 1.165) is 62.2 Å². The summed E-state index contributed by atoms with van der Waals surface area (Å²) in [6, 6.07) is 55.2. The van der Waals surface area contributed by atoms with Gasteiger partial charge >= 0.3 is 60.8 Å². The van der Waals surface area contributed by atoms with E-state index < -0.39 is 74.6 Å². The molecule has 0 radical (unpaired) electrons. The minimum absolute atomic E-state index is 0. The Morgan fingerprint density at radius 2 is 0.443 bits per heavy atom. The molecule has 10 aromatic rings. The molecule has 0 bridgehead atoms. The first-order chi connectivity index (χ1) is 66.5. The number of hydrogen-bond acceptors (Lipinski definition) is 24. The predicted octanol–water partition coefficient (Wildman–Crippen LogP) is 30.9. The van der Waals surface area contributed by atoms with E-state index in [1.807, 2.05) is 132 Å². The first-order valence-electron chi connectivity index (χ1n) is 49.6. The summed E-state index contributed by atoms with van der Waals surface area (Å²) < 4.78 is 166. The predicted molar refractivity (Wildman–Crippen MR) is 603 cm³/mol. The van der Waals surface area contributed by atoms with Gasteiger partial charge in [0.05, 0.1) is 31.8 Å². The molecule has 0 amide bonds. The molecule has 3 aliphatic rings. The van der Waals surface area contributed by atoms with E-state index in [2.05, 4.69) is 178 Å². The van der Waals surface area contributed by atoms with Gasteiger partial charge in [-0.25, -0.2) is 0 Å².